The monoisotopic (exact) mass is 444 g/mol. The zero-order valence-corrected chi connectivity index (χ0v) is 17.5. The summed E-state index contributed by atoms with van der Waals surface area (Å²) in [5.74, 6) is 9.55. The van der Waals surface area contributed by atoms with E-state index < -0.39 is 23.5 Å². The molecule has 3 rings (SSSR count). The van der Waals surface area contributed by atoms with Crippen LogP contribution in [0, 0.1) is 23.7 Å². The molecule has 0 saturated heterocycles. The molecule has 10 nitrogen and oxygen atoms in total. The standard InChI is InChI=1S/C23H20N6O4/c1-23(32,19-14-25-29-27-19)20(22(31)28-33)26-21(30)17-10-6-15(7-11-17)4-2-3-5-16-8-12-18(24)13-9-16/h6-14,20,32-33H,24H2,1H3,(H,26,30)(H,28,31)(H,25,27,29)/t20?,23-/m0/s1. The first-order valence-electron chi connectivity index (χ1n) is 9.63. The number of aromatic nitrogens is 3. The normalized spacial score (nSPS) is 12.7. The molecular weight excluding hydrogens is 424 g/mol. The van der Waals surface area contributed by atoms with E-state index in [1.807, 2.05) is 0 Å². The van der Waals surface area contributed by atoms with E-state index >= 15 is 0 Å². The molecule has 166 valence electrons. The number of aliphatic hydroxyl groups is 1. The summed E-state index contributed by atoms with van der Waals surface area (Å²) in [6.45, 7) is 1.26. The molecule has 1 unspecified atom stereocenters. The van der Waals surface area contributed by atoms with E-state index in [9.17, 15) is 14.7 Å². The van der Waals surface area contributed by atoms with Crippen LogP contribution in [0.15, 0.2) is 54.7 Å². The van der Waals surface area contributed by atoms with Gasteiger partial charge in [-0.05, 0) is 67.3 Å². The number of hydroxylamine groups is 1. The van der Waals surface area contributed by atoms with Crippen LogP contribution in [0.2, 0.25) is 0 Å². The molecule has 0 bridgehead atoms. The summed E-state index contributed by atoms with van der Waals surface area (Å²) in [7, 11) is 0. The molecule has 0 radical (unpaired) electrons. The number of nitrogens with two attached hydrogens (primary N) is 1. The highest BCUT2D eigenvalue weighted by Crippen LogP contribution is 2.22. The fourth-order valence-corrected chi connectivity index (χ4v) is 2.82. The van der Waals surface area contributed by atoms with Crippen LogP contribution in [0.1, 0.15) is 34.1 Å². The fraction of sp³-hybridized carbons (Fsp3) is 0.130. The lowest BCUT2D eigenvalue weighted by molar-refractivity contribution is -0.138. The van der Waals surface area contributed by atoms with Crippen LogP contribution in [0.5, 0.6) is 0 Å². The molecule has 1 aromatic heterocycles. The van der Waals surface area contributed by atoms with E-state index in [2.05, 4.69) is 44.4 Å². The molecule has 0 aliphatic carbocycles. The lowest BCUT2D eigenvalue weighted by atomic mass is 9.92. The topological polar surface area (TPSA) is 166 Å². The van der Waals surface area contributed by atoms with Gasteiger partial charge in [-0.2, -0.15) is 0 Å². The number of rotatable bonds is 5. The summed E-state index contributed by atoms with van der Waals surface area (Å²) in [6, 6.07) is 11.8. The summed E-state index contributed by atoms with van der Waals surface area (Å²) >= 11 is 0. The molecule has 2 aromatic carbocycles. The maximum atomic E-state index is 12.6. The van der Waals surface area contributed by atoms with Crippen molar-refractivity contribution in [2.45, 2.75) is 18.6 Å². The van der Waals surface area contributed by atoms with Crippen LogP contribution in [0.3, 0.4) is 0 Å². The molecule has 0 aliphatic rings. The second kappa shape index (κ2) is 10.1. The third-order valence-corrected chi connectivity index (χ3v) is 4.68. The van der Waals surface area contributed by atoms with Gasteiger partial charge in [0.05, 0.1) is 0 Å². The number of carbonyl (C=O) groups is 2. The van der Waals surface area contributed by atoms with Gasteiger partial charge in [-0.1, -0.05) is 17.1 Å². The van der Waals surface area contributed by atoms with Gasteiger partial charge in [0, 0.05) is 28.6 Å². The summed E-state index contributed by atoms with van der Waals surface area (Å²) in [4.78, 5) is 24.8. The smallest absolute Gasteiger partial charge is 0.269 e. The van der Waals surface area contributed by atoms with Gasteiger partial charge < -0.3 is 16.2 Å². The fourth-order valence-electron chi connectivity index (χ4n) is 2.82. The van der Waals surface area contributed by atoms with Gasteiger partial charge in [0.1, 0.15) is 17.3 Å². The number of benzene rings is 2. The van der Waals surface area contributed by atoms with Crippen LogP contribution in [-0.2, 0) is 10.4 Å². The Balaban J connectivity index is 1.70. The number of hydrogen-bond donors (Lipinski definition) is 6. The number of H-pyrrole nitrogens is 1. The van der Waals surface area contributed by atoms with E-state index in [0.29, 0.717) is 11.3 Å². The number of nitrogens with zero attached hydrogens (tertiary/aromatic N) is 2. The Kier molecular flexibility index (Phi) is 7.06. The predicted octanol–water partition coefficient (Wildman–Crippen LogP) is 0.302. The lowest BCUT2D eigenvalue weighted by Gasteiger charge is -2.29. The van der Waals surface area contributed by atoms with Crippen molar-refractivity contribution >= 4 is 17.5 Å². The number of hydrogen-bond acceptors (Lipinski definition) is 7. The van der Waals surface area contributed by atoms with Crippen molar-refractivity contribution in [2.24, 2.45) is 0 Å². The Morgan fingerprint density at radius 3 is 2.15 bits per heavy atom. The summed E-state index contributed by atoms with van der Waals surface area (Å²) in [6.07, 6.45) is 1.27. The number of nitrogen functional groups attached to an aromatic ring is 1. The number of anilines is 1. The predicted molar refractivity (Wildman–Crippen MR) is 118 cm³/mol. The van der Waals surface area contributed by atoms with E-state index in [-0.39, 0.29) is 11.3 Å². The molecule has 0 fully saturated rings. The van der Waals surface area contributed by atoms with Gasteiger partial charge in [-0.15, -0.1) is 5.10 Å². The van der Waals surface area contributed by atoms with Crippen LogP contribution in [0.25, 0.3) is 0 Å². The highest BCUT2D eigenvalue weighted by Gasteiger charge is 2.42. The van der Waals surface area contributed by atoms with Crippen molar-refractivity contribution in [3.05, 3.63) is 77.1 Å². The Morgan fingerprint density at radius 2 is 1.64 bits per heavy atom. The molecule has 10 heteroatoms. The number of carbonyl (C=O) groups excluding carboxylic acids is 2. The molecular formula is C23H20N6O4. The molecule has 1 heterocycles. The maximum Gasteiger partial charge on any atom is 0.269 e. The first-order chi connectivity index (χ1) is 15.8. The first-order valence-corrected chi connectivity index (χ1v) is 9.63. The van der Waals surface area contributed by atoms with Crippen LogP contribution >= 0.6 is 0 Å². The van der Waals surface area contributed by atoms with Crippen molar-refractivity contribution < 1.29 is 19.9 Å². The number of amides is 2. The van der Waals surface area contributed by atoms with Crippen molar-refractivity contribution in [1.29, 1.82) is 0 Å². The molecule has 33 heavy (non-hydrogen) atoms. The van der Waals surface area contributed by atoms with Gasteiger partial charge in [0.15, 0.2) is 0 Å². The minimum Gasteiger partial charge on any atom is -0.399 e. The zero-order chi connectivity index (χ0) is 23.8. The lowest BCUT2D eigenvalue weighted by Crippen LogP contribution is -2.57. The Hall–Kier alpha value is -4.64. The van der Waals surface area contributed by atoms with Crippen molar-refractivity contribution in [3.8, 4) is 23.7 Å². The first kappa shape index (κ1) is 23.0. The Morgan fingerprint density at radius 1 is 1.06 bits per heavy atom. The summed E-state index contributed by atoms with van der Waals surface area (Å²) in [5, 5.41) is 31.8. The average molecular weight is 444 g/mol. The molecule has 0 saturated carbocycles. The minimum absolute atomic E-state index is 0.00195. The highest BCUT2D eigenvalue weighted by atomic mass is 16.5. The van der Waals surface area contributed by atoms with Crippen molar-refractivity contribution in [3.63, 3.8) is 0 Å². The molecule has 7 N–H and O–H groups in total. The second-order valence-corrected chi connectivity index (χ2v) is 7.09. The molecule has 2 amide bonds. The Labute approximate surface area is 189 Å². The molecule has 3 aromatic rings. The summed E-state index contributed by atoms with van der Waals surface area (Å²) in [5.41, 5.74) is 7.38. The third-order valence-electron chi connectivity index (χ3n) is 4.68. The van der Waals surface area contributed by atoms with E-state index in [4.69, 9.17) is 10.9 Å². The van der Waals surface area contributed by atoms with E-state index in [1.54, 1.807) is 36.4 Å². The number of aromatic amines is 1. The summed E-state index contributed by atoms with van der Waals surface area (Å²) < 4.78 is 0. The maximum absolute atomic E-state index is 12.6. The highest BCUT2D eigenvalue weighted by molar-refractivity contribution is 5.97. The molecule has 0 spiro atoms. The van der Waals surface area contributed by atoms with Crippen molar-refractivity contribution in [2.75, 3.05) is 5.73 Å². The van der Waals surface area contributed by atoms with E-state index in [1.165, 1.54) is 30.7 Å². The SMILES string of the molecule is C[C@](O)(c1c[nH]nn1)C(NC(=O)c1ccc(C#CC#Cc2ccc(N)cc2)cc1)C(=O)NO. The second-order valence-electron chi connectivity index (χ2n) is 7.09. The average Bonchev–Trinajstić information content (AvgIpc) is 3.37. The van der Waals surface area contributed by atoms with Crippen LogP contribution in [-0.4, -0.2) is 43.6 Å². The molecule has 0 aliphatic heterocycles. The van der Waals surface area contributed by atoms with Gasteiger partial charge in [-0.25, -0.2) is 5.48 Å². The van der Waals surface area contributed by atoms with Gasteiger partial charge in [0.2, 0.25) is 0 Å². The third kappa shape index (κ3) is 5.74. The van der Waals surface area contributed by atoms with Crippen LogP contribution in [0.4, 0.5) is 5.69 Å². The van der Waals surface area contributed by atoms with Gasteiger partial charge in [0.25, 0.3) is 11.8 Å². The molecule has 2 atom stereocenters. The van der Waals surface area contributed by atoms with E-state index in [0.717, 1.165) is 5.56 Å². The quantitative estimate of drug-likeness (QED) is 0.142. The van der Waals surface area contributed by atoms with Crippen molar-refractivity contribution in [1.82, 2.24) is 26.2 Å². The minimum atomic E-state index is -1.95. The van der Waals surface area contributed by atoms with Gasteiger partial charge in [-0.3, -0.25) is 19.9 Å². The number of nitrogens with one attached hydrogen (secondary N) is 3. The van der Waals surface area contributed by atoms with Gasteiger partial charge >= 0.3 is 0 Å². The van der Waals surface area contributed by atoms with Crippen LogP contribution < -0.4 is 16.5 Å². The largest absolute Gasteiger partial charge is 0.399 e. The zero-order valence-electron chi connectivity index (χ0n) is 17.5. The Bertz CT molecular complexity index is 1240.